The molecule has 5 atom stereocenters. The smallest absolute Gasteiger partial charge is 0.0667 e. The number of rotatable bonds is 71. The third-order valence-electron chi connectivity index (χ3n) is 18.3. The molecule has 0 bridgehead atoms. The Morgan fingerprint density at radius 3 is 0.451 bits per heavy atom. The molecule has 5 N–H and O–H groups in total. The van der Waals surface area contributed by atoms with Gasteiger partial charge in [0, 0.05) is 58.9 Å². The second-order valence-corrected chi connectivity index (χ2v) is 26.9. The summed E-state index contributed by atoms with van der Waals surface area (Å²) in [6.07, 6.45) is 66.3. The van der Waals surface area contributed by atoms with Gasteiger partial charge in [-0.15, -0.1) is 0 Å². The summed E-state index contributed by atoms with van der Waals surface area (Å²) in [4.78, 5) is 7.12. The zero-order chi connectivity index (χ0) is 59.9. The van der Waals surface area contributed by atoms with Crippen LogP contribution in [0.25, 0.3) is 0 Å². The molecule has 0 rings (SSSR count). The molecule has 8 nitrogen and oxygen atoms in total. The van der Waals surface area contributed by atoms with E-state index in [1.54, 1.807) is 0 Å². The Hall–Kier alpha value is -0.320. The lowest BCUT2D eigenvalue weighted by Crippen LogP contribution is -2.47. The Bertz CT molecular complexity index is 1050. The Labute approximate surface area is 515 Å². The normalized spacial score (nSPS) is 14.0. The molecule has 5 unspecified atom stereocenters. The maximum absolute atomic E-state index is 11.7. The van der Waals surface area contributed by atoms with Crippen molar-refractivity contribution in [2.24, 2.45) is 0 Å². The quantitative estimate of drug-likeness (QED) is 0.0383. The van der Waals surface area contributed by atoms with E-state index >= 15 is 0 Å². The van der Waals surface area contributed by atoms with Crippen molar-refractivity contribution in [3.8, 4) is 0 Å². The topological polar surface area (TPSA) is 111 Å². The first kappa shape index (κ1) is 81.7. The Morgan fingerprint density at radius 2 is 0.293 bits per heavy atom. The number of nitrogens with zero attached hydrogens (tertiary/aromatic N) is 3. The van der Waals surface area contributed by atoms with E-state index in [4.69, 9.17) is 0 Å². The summed E-state index contributed by atoms with van der Waals surface area (Å²) in [5.74, 6) is 0. The maximum atomic E-state index is 11.7. The number of hydrogen-bond acceptors (Lipinski definition) is 8. The fourth-order valence-corrected chi connectivity index (χ4v) is 12.7. The molecule has 494 valence electrons. The van der Waals surface area contributed by atoms with Gasteiger partial charge in [0.05, 0.1) is 30.5 Å². The zero-order valence-electron chi connectivity index (χ0n) is 56.7. The minimum atomic E-state index is -0.418. The third kappa shape index (κ3) is 61.3. The van der Waals surface area contributed by atoms with Crippen LogP contribution in [0, 0.1) is 0 Å². The number of unbranched alkanes of at least 4 members (excludes halogenated alkanes) is 45. The van der Waals surface area contributed by atoms with Gasteiger partial charge in [0.15, 0.2) is 0 Å². The average molecular weight is 1170 g/mol. The highest BCUT2D eigenvalue weighted by atomic mass is 16.3. The van der Waals surface area contributed by atoms with Crippen molar-refractivity contribution >= 4 is 0 Å². The van der Waals surface area contributed by atoms with Crippen molar-refractivity contribution in [1.82, 2.24) is 14.7 Å². The number of aliphatic hydroxyl groups excluding tert-OH is 5. The lowest BCUT2D eigenvalue weighted by Gasteiger charge is -2.33. The summed E-state index contributed by atoms with van der Waals surface area (Å²) < 4.78 is 0. The van der Waals surface area contributed by atoms with Crippen molar-refractivity contribution in [3.63, 3.8) is 0 Å². The van der Waals surface area contributed by atoms with E-state index in [-0.39, 0.29) is 0 Å². The van der Waals surface area contributed by atoms with Crippen molar-refractivity contribution in [1.29, 1.82) is 0 Å². The third-order valence-corrected chi connectivity index (χ3v) is 18.3. The Balaban J connectivity index is 6.03. The van der Waals surface area contributed by atoms with E-state index in [1.807, 2.05) is 0 Å². The van der Waals surface area contributed by atoms with E-state index in [2.05, 4.69) is 49.3 Å². The van der Waals surface area contributed by atoms with Crippen LogP contribution in [0.3, 0.4) is 0 Å². The predicted octanol–water partition coefficient (Wildman–Crippen LogP) is 20.3. The van der Waals surface area contributed by atoms with Gasteiger partial charge in [0.1, 0.15) is 0 Å². The van der Waals surface area contributed by atoms with Gasteiger partial charge in [-0.2, -0.15) is 0 Å². The minimum Gasteiger partial charge on any atom is -0.392 e. The van der Waals surface area contributed by atoms with Crippen LogP contribution >= 0.6 is 0 Å². The summed E-state index contributed by atoms with van der Waals surface area (Å²) >= 11 is 0. The summed E-state index contributed by atoms with van der Waals surface area (Å²) in [5.41, 5.74) is 0. The predicted molar refractivity (Wildman–Crippen MR) is 362 cm³/mol. The van der Waals surface area contributed by atoms with Gasteiger partial charge in [0.2, 0.25) is 0 Å². The summed E-state index contributed by atoms with van der Waals surface area (Å²) in [6, 6.07) is 0. The van der Waals surface area contributed by atoms with Gasteiger partial charge in [-0.25, -0.2) is 0 Å². The highest BCUT2D eigenvalue weighted by Gasteiger charge is 2.22. The van der Waals surface area contributed by atoms with Crippen LogP contribution in [-0.2, 0) is 0 Å². The van der Waals surface area contributed by atoms with Gasteiger partial charge >= 0.3 is 0 Å². The Kier molecular flexibility index (Phi) is 66.4. The number of aliphatic hydroxyl groups is 5. The van der Waals surface area contributed by atoms with Gasteiger partial charge in [0.25, 0.3) is 0 Å². The van der Waals surface area contributed by atoms with Gasteiger partial charge in [-0.1, -0.05) is 356 Å². The first-order valence-corrected chi connectivity index (χ1v) is 37.8. The van der Waals surface area contributed by atoms with Crippen LogP contribution < -0.4 is 0 Å². The van der Waals surface area contributed by atoms with Crippen LogP contribution in [0.15, 0.2) is 0 Å². The van der Waals surface area contributed by atoms with Crippen molar-refractivity contribution < 1.29 is 25.5 Å². The lowest BCUT2D eigenvalue weighted by atomic mass is 10.0. The van der Waals surface area contributed by atoms with E-state index in [0.717, 1.165) is 90.4 Å². The fourth-order valence-electron chi connectivity index (χ4n) is 12.7. The van der Waals surface area contributed by atoms with Crippen molar-refractivity contribution in [2.45, 2.75) is 418 Å². The molecular weight excluding hydrogens is 1010 g/mol. The Morgan fingerprint density at radius 1 is 0.171 bits per heavy atom. The molecule has 0 aliphatic carbocycles. The molecule has 0 aromatic carbocycles. The molecule has 0 aromatic rings. The number of hydrogen-bond donors (Lipinski definition) is 5. The molecule has 8 heteroatoms. The molecule has 0 heterocycles. The van der Waals surface area contributed by atoms with E-state index in [9.17, 15) is 25.5 Å². The highest BCUT2D eigenvalue weighted by molar-refractivity contribution is 4.77. The van der Waals surface area contributed by atoms with E-state index in [0.29, 0.717) is 32.7 Å². The first-order chi connectivity index (χ1) is 40.2. The maximum Gasteiger partial charge on any atom is 0.0667 e. The van der Waals surface area contributed by atoms with Crippen LogP contribution in [0.4, 0.5) is 0 Å². The van der Waals surface area contributed by atoms with Crippen molar-refractivity contribution in [2.75, 3.05) is 58.9 Å². The van der Waals surface area contributed by atoms with Gasteiger partial charge < -0.3 is 25.5 Å². The van der Waals surface area contributed by atoms with Crippen LogP contribution in [-0.4, -0.2) is 130 Å². The second kappa shape index (κ2) is 66.6. The fraction of sp³-hybridized carbons (Fsp3) is 1.00. The molecule has 0 saturated carbocycles. The largest absolute Gasteiger partial charge is 0.392 e. The summed E-state index contributed by atoms with van der Waals surface area (Å²) in [7, 11) is 0. The molecule has 0 aromatic heterocycles. The average Bonchev–Trinajstić information content (AvgIpc) is 3.46. The van der Waals surface area contributed by atoms with Crippen molar-refractivity contribution in [3.05, 3.63) is 0 Å². The lowest BCUT2D eigenvalue weighted by molar-refractivity contribution is 0.0371. The first-order valence-electron chi connectivity index (χ1n) is 37.8. The molecule has 0 amide bonds. The van der Waals surface area contributed by atoms with Crippen LogP contribution in [0.5, 0.6) is 0 Å². The molecular formula is C74H153N3O5. The highest BCUT2D eigenvalue weighted by Crippen LogP contribution is 2.19. The molecule has 0 aliphatic rings. The van der Waals surface area contributed by atoms with Crippen LogP contribution in [0.1, 0.15) is 388 Å². The second-order valence-electron chi connectivity index (χ2n) is 26.9. The van der Waals surface area contributed by atoms with Gasteiger partial charge in [-0.3, -0.25) is 14.7 Å². The molecule has 0 aliphatic heterocycles. The molecule has 0 fully saturated rings. The molecule has 0 radical (unpaired) electrons. The molecule has 82 heavy (non-hydrogen) atoms. The zero-order valence-corrected chi connectivity index (χ0v) is 56.7. The minimum absolute atomic E-state index is 0.413. The molecule has 0 saturated heterocycles. The molecule has 0 spiro atoms. The SMILES string of the molecule is CCCCCCCCCCCCC(O)CN(CCN(CC(O)CCCCCCCCCCCC)CC(O)CCCCCCCCCCCC)CCN(CC(O)CCCCCCCCCCCC)CC(O)CCCCCCCCCCCC. The van der Waals surface area contributed by atoms with E-state index < -0.39 is 30.5 Å². The monoisotopic (exact) mass is 1160 g/mol. The standard InChI is InChI=1S/C74H153N3O5/c1-6-11-16-21-26-31-36-41-46-51-56-70(78)65-75(61-63-76(66-71(79)57-52-47-42-37-32-27-22-17-12-7-2)67-72(80)58-53-48-43-38-33-28-23-18-13-8-3)62-64-77(68-73(81)59-54-49-44-39-34-29-24-19-14-9-4)69-74(82)60-55-50-45-40-35-30-25-20-15-10-5/h70-74,78-82H,6-69H2,1-5H3. The summed E-state index contributed by atoms with van der Waals surface area (Å²) in [5, 5.41) is 58.0. The van der Waals surface area contributed by atoms with Crippen LogP contribution in [0.2, 0.25) is 0 Å². The van der Waals surface area contributed by atoms with E-state index in [1.165, 1.54) is 289 Å². The summed E-state index contributed by atoms with van der Waals surface area (Å²) in [6.45, 7) is 17.3. The van der Waals surface area contributed by atoms with Gasteiger partial charge in [-0.05, 0) is 32.1 Å².